The van der Waals surface area contributed by atoms with Crippen LogP contribution in [-0.4, -0.2) is 37.8 Å². The minimum atomic E-state index is -2.70. The zero-order valence-electron chi connectivity index (χ0n) is 18.5. The summed E-state index contributed by atoms with van der Waals surface area (Å²) in [6.07, 6.45) is 0.872. The second-order valence-electron chi connectivity index (χ2n) is 8.76. The molecule has 0 aliphatic carbocycles. The highest BCUT2D eigenvalue weighted by Gasteiger charge is 2.50. The van der Waals surface area contributed by atoms with Crippen LogP contribution >= 0.6 is 0 Å². The molecule has 162 valence electrons. The molecule has 3 aromatic rings. The summed E-state index contributed by atoms with van der Waals surface area (Å²) in [6, 6.07) is 30.4. The maximum absolute atomic E-state index is 10.8. The summed E-state index contributed by atoms with van der Waals surface area (Å²) in [5.74, 6) is 0. The molecule has 1 unspecified atom stereocenters. The molecule has 2 N–H and O–H groups in total. The van der Waals surface area contributed by atoms with Crippen LogP contribution in [-0.2, 0) is 4.43 Å². The van der Waals surface area contributed by atoms with Crippen molar-refractivity contribution in [2.75, 3.05) is 13.2 Å². The van der Waals surface area contributed by atoms with Gasteiger partial charge in [0.05, 0.1) is 19.3 Å². The molecule has 0 amide bonds. The molecule has 0 bridgehead atoms. The highest BCUT2D eigenvalue weighted by molar-refractivity contribution is 6.99. The van der Waals surface area contributed by atoms with Crippen molar-refractivity contribution >= 4 is 24.3 Å². The molecule has 3 nitrogen and oxygen atoms in total. The van der Waals surface area contributed by atoms with Crippen molar-refractivity contribution in [3.05, 3.63) is 103 Å². The standard InChI is InChI=1S/C27H32O3Si/c1-27(2,3)31(25-15-9-5-10-16-25,26-17-11-6-12-18-26)30-21-24(29)19-23(20-28)22-13-7-4-8-14-22/h4-19,24,28-29H,20-21H2,1-3H3/b23-19+. The molecule has 4 heteroatoms. The van der Waals surface area contributed by atoms with Crippen molar-refractivity contribution in [2.24, 2.45) is 0 Å². The van der Waals surface area contributed by atoms with E-state index in [0.717, 1.165) is 5.56 Å². The minimum absolute atomic E-state index is 0.139. The molecular formula is C27H32O3Si. The number of hydrogen-bond donors (Lipinski definition) is 2. The lowest BCUT2D eigenvalue weighted by atomic mass is 10.1. The topological polar surface area (TPSA) is 49.7 Å². The Hall–Kier alpha value is -2.50. The molecule has 0 radical (unpaired) electrons. The summed E-state index contributed by atoms with van der Waals surface area (Å²) >= 11 is 0. The monoisotopic (exact) mass is 432 g/mol. The Bertz CT molecular complexity index is 924. The lowest BCUT2D eigenvalue weighted by Crippen LogP contribution is -2.67. The van der Waals surface area contributed by atoms with Crippen LogP contribution in [0.5, 0.6) is 0 Å². The number of rotatable bonds is 8. The Kier molecular flexibility index (Phi) is 7.63. The van der Waals surface area contributed by atoms with Gasteiger partial charge in [0.1, 0.15) is 0 Å². The molecule has 0 saturated heterocycles. The largest absolute Gasteiger partial charge is 0.404 e. The molecule has 31 heavy (non-hydrogen) atoms. The first-order chi connectivity index (χ1) is 14.9. The third kappa shape index (κ3) is 5.22. The summed E-state index contributed by atoms with van der Waals surface area (Å²) in [7, 11) is -2.70. The predicted octanol–water partition coefficient (Wildman–Crippen LogP) is 4.00. The maximum Gasteiger partial charge on any atom is 0.261 e. The van der Waals surface area contributed by atoms with Crippen LogP contribution in [0.1, 0.15) is 26.3 Å². The maximum atomic E-state index is 10.8. The van der Waals surface area contributed by atoms with Crippen LogP contribution in [0, 0.1) is 0 Å². The van der Waals surface area contributed by atoms with Gasteiger partial charge in [-0.2, -0.15) is 0 Å². The minimum Gasteiger partial charge on any atom is -0.404 e. The summed E-state index contributed by atoms with van der Waals surface area (Å²) in [6.45, 7) is 6.66. The average molecular weight is 433 g/mol. The van der Waals surface area contributed by atoms with E-state index in [1.807, 2.05) is 66.7 Å². The van der Waals surface area contributed by atoms with Gasteiger partial charge < -0.3 is 14.6 Å². The first-order valence-corrected chi connectivity index (χ1v) is 12.6. The first kappa shape index (κ1) is 23.2. The molecule has 3 rings (SSSR count). The number of hydrogen-bond acceptors (Lipinski definition) is 3. The van der Waals surface area contributed by atoms with Crippen molar-refractivity contribution in [2.45, 2.75) is 31.9 Å². The van der Waals surface area contributed by atoms with Gasteiger partial charge in [-0.1, -0.05) is 112 Å². The fourth-order valence-electron chi connectivity index (χ4n) is 4.14. The van der Waals surface area contributed by atoms with Crippen molar-refractivity contribution in [3.8, 4) is 0 Å². The SMILES string of the molecule is CC(C)(C)[Si](OCC(O)/C=C(\CO)c1ccccc1)(c1ccccc1)c1ccccc1. The van der Waals surface area contributed by atoms with E-state index in [4.69, 9.17) is 4.43 Å². The Morgan fingerprint density at radius 3 is 1.71 bits per heavy atom. The van der Waals surface area contributed by atoms with Gasteiger partial charge in [0.2, 0.25) is 0 Å². The van der Waals surface area contributed by atoms with E-state index in [2.05, 4.69) is 45.0 Å². The Labute approximate surface area is 186 Å². The van der Waals surface area contributed by atoms with Crippen LogP contribution in [0.25, 0.3) is 5.57 Å². The van der Waals surface area contributed by atoms with Crippen molar-refractivity contribution in [3.63, 3.8) is 0 Å². The molecule has 3 aromatic carbocycles. The van der Waals surface area contributed by atoms with Crippen LogP contribution in [0.3, 0.4) is 0 Å². The van der Waals surface area contributed by atoms with Gasteiger partial charge in [0, 0.05) is 0 Å². The Morgan fingerprint density at radius 2 is 1.29 bits per heavy atom. The van der Waals surface area contributed by atoms with Crippen molar-refractivity contribution < 1.29 is 14.6 Å². The van der Waals surface area contributed by atoms with Crippen LogP contribution in [0.4, 0.5) is 0 Å². The first-order valence-electron chi connectivity index (χ1n) is 10.7. The lowest BCUT2D eigenvalue weighted by Gasteiger charge is -2.43. The van der Waals surface area contributed by atoms with Gasteiger partial charge in [0.15, 0.2) is 0 Å². The molecular weight excluding hydrogens is 400 g/mol. The van der Waals surface area contributed by atoms with Gasteiger partial charge in [-0.05, 0) is 32.6 Å². The molecule has 1 atom stereocenters. The van der Waals surface area contributed by atoms with Crippen LogP contribution in [0.15, 0.2) is 97.1 Å². The lowest BCUT2D eigenvalue weighted by molar-refractivity contribution is 0.138. The number of aliphatic hydroxyl groups excluding tert-OH is 2. The highest BCUT2D eigenvalue weighted by atomic mass is 28.4. The third-order valence-corrected chi connectivity index (χ3v) is 10.6. The van der Waals surface area contributed by atoms with Gasteiger partial charge in [0.25, 0.3) is 8.32 Å². The second kappa shape index (κ2) is 10.2. The van der Waals surface area contributed by atoms with Gasteiger partial charge in [-0.15, -0.1) is 0 Å². The predicted molar refractivity (Wildman–Crippen MR) is 131 cm³/mol. The number of aliphatic hydroxyl groups is 2. The smallest absolute Gasteiger partial charge is 0.261 e. The normalized spacial score (nSPS) is 13.8. The molecule has 0 aliphatic rings. The van der Waals surface area contributed by atoms with E-state index >= 15 is 0 Å². The summed E-state index contributed by atoms with van der Waals surface area (Å²) < 4.78 is 6.77. The van der Waals surface area contributed by atoms with Crippen LogP contribution in [0.2, 0.25) is 5.04 Å². The quantitative estimate of drug-likeness (QED) is 0.529. The molecule has 0 fully saturated rings. The van der Waals surface area contributed by atoms with Crippen LogP contribution < -0.4 is 10.4 Å². The third-order valence-electron chi connectivity index (χ3n) is 5.60. The molecule has 0 heterocycles. The number of benzene rings is 3. The van der Waals surface area contributed by atoms with E-state index in [1.54, 1.807) is 6.08 Å². The fraction of sp³-hybridized carbons (Fsp3) is 0.259. The van der Waals surface area contributed by atoms with Crippen molar-refractivity contribution in [1.29, 1.82) is 0 Å². The Balaban J connectivity index is 1.97. The average Bonchev–Trinajstić information content (AvgIpc) is 2.79. The molecule has 0 aliphatic heterocycles. The van der Waals surface area contributed by atoms with Gasteiger partial charge in [-0.3, -0.25) is 0 Å². The summed E-state index contributed by atoms with van der Waals surface area (Å²) in [5.41, 5.74) is 1.59. The van der Waals surface area contributed by atoms with E-state index in [1.165, 1.54) is 10.4 Å². The van der Waals surface area contributed by atoms with E-state index in [0.29, 0.717) is 5.57 Å². The Morgan fingerprint density at radius 1 is 0.839 bits per heavy atom. The molecule has 0 aromatic heterocycles. The van der Waals surface area contributed by atoms with E-state index in [9.17, 15) is 10.2 Å². The second-order valence-corrected chi connectivity index (χ2v) is 13.1. The van der Waals surface area contributed by atoms with Gasteiger partial charge in [-0.25, -0.2) is 0 Å². The summed E-state index contributed by atoms with van der Waals surface area (Å²) in [4.78, 5) is 0. The fourth-order valence-corrected chi connectivity index (χ4v) is 8.72. The zero-order chi connectivity index (χ0) is 22.3. The van der Waals surface area contributed by atoms with Crippen molar-refractivity contribution in [1.82, 2.24) is 0 Å². The zero-order valence-corrected chi connectivity index (χ0v) is 19.5. The van der Waals surface area contributed by atoms with E-state index < -0.39 is 14.4 Å². The highest BCUT2D eigenvalue weighted by Crippen LogP contribution is 2.36. The van der Waals surface area contributed by atoms with Gasteiger partial charge >= 0.3 is 0 Å². The molecule has 0 spiro atoms. The molecule has 0 saturated carbocycles. The van der Waals surface area contributed by atoms with E-state index in [-0.39, 0.29) is 18.3 Å². The summed E-state index contributed by atoms with van der Waals surface area (Å²) in [5, 5.41) is 22.9.